The Balaban J connectivity index is 0.000000139. The molecule has 0 amide bonds. The maximum atomic E-state index is 6.00. The van der Waals surface area contributed by atoms with Crippen LogP contribution >= 0.6 is 11.6 Å². The number of nitrogens with zero attached hydrogens (tertiary/aromatic N) is 12. The number of methoxy groups -OCH3 is 2. The number of rotatable bonds is 6. The number of nitrogens with two attached hydrogens (primary N) is 1. The SMILES string of the molecule is CN1c2nc(Cl)ncc2OCC12CCCC2.COc1cc(N)cnc1-n1cnc(C)c1.COc1cc(Nc2ncc3c(n2)N(C)C2(CCCC2)CO3)cnc1-n1cnc(C)c1. The maximum absolute atomic E-state index is 6.00. The number of likely N-dealkylation sites (N-methyl/N-ethyl adjacent to an activating group) is 2. The van der Waals surface area contributed by atoms with Crippen LogP contribution in [0.25, 0.3) is 11.6 Å². The molecule has 6 aromatic rings. The van der Waals surface area contributed by atoms with E-state index in [4.69, 9.17) is 41.3 Å². The third-order valence-electron chi connectivity index (χ3n) is 11.9. The fourth-order valence-electron chi connectivity index (χ4n) is 8.39. The largest absolute Gasteiger partial charge is 0.493 e. The second kappa shape index (κ2) is 17.3. The van der Waals surface area contributed by atoms with Crippen LogP contribution in [0.4, 0.5) is 29.0 Å². The lowest BCUT2D eigenvalue weighted by atomic mass is 9.95. The molecule has 0 aromatic carbocycles. The summed E-state index contributed by atoms with van der Waals surface area (Å²) in [4.78, 5) is 39.0. The smallest absolute Gasteiger partial charge is 0.229 e. The summed E-state index contributed by atoms with van der Waals surface area (Å²) in [5.41, 5.74) is 8.95. The van der Waals surface area contributed by atoms with Gasteiger partial charge in [0.1, 0.15) is 25.9 Å². The van der Waals surface area contributed by atoms with Crippen molar-refractivity contribution < 1.29 is 18.9 Å². The zero-order valence-corrected chi connectivity index (χ0v) is 36.1. The highest BCUT2D eigenvalue weighted by molar-refractivity contribution is 6.28. The number of halogens is 1. The summed E-state index contributed by atoms with van der Waals surface area (Å²) in [6, 6.07) is 3.61. The summed E-state index contributed by atoms with van der Waals surface area (Å²) in [7, 11) is 7.40. The van der Waals surface area contributed by atoms with Crippen molar-refractivity contribution in [2.45, 2.75) is 76.3 Å². The van der Waals surface area contributed by atoms with Crippen LogP contribution in [0.15, 0.2) is 62.0 Å². The standard InChI is InChI=1S/C21H25N7O2.C11H14ClN3O.C10H12N4O/c1-14-11-28(13-24-14)18-16(29-3)8-15(9-22-18)25-20-23-10-17-19(26-20)27(2)21(12-30-17)6-4-5-7-21;1-15-9-8(6-13-10(12)14-9)16-7-11(15)4-2-3-5-11;1-7-5-14(6-13-7)10-9(15-2)3-8(11)4-12-10/h8-11,13H,4-7,12H2,1-3H3,(H,23,25,26);6H,2-5,7H2,1H3;3-6H,11H2,1-2H3. The molecule has 2 aliphatic carbocycles. The molecule has 6 aromatic heterocycles. The summed E-state index contributed by atoms with van der Waals surface area (Å²) in [5.74, 6) is 6.23. The number of aromatic nitrogens is 10. The van der Waals surface area contributed by atoms with Crippen LogP contribution in [0.3, 0.4) is 0 Å². The monoisotopic (exact) mass is 850 g/mol. The van der Waals surface area contributed by atoms with Gasteiger partial charge in [0, 0.05) is 38.6 Å². The van der Waals surface area contributed by atoms with Gasteiger partial charge in [-0.3, -0.25) is 9.13 Å². The van der Waals surface area contributed by atoms with Crippen molar-refractivity contribution in [2.75, 3.05) is 62.4 Å². The van der Waals surface area contributed by atoms with E-state index in [0.29, 0.717) is 41.4 Å². The van der Waals surface area contributed by atoms with Crippen LogP contribution < -0.4 is 39.8 Å². The molecule has 320 valence electrons. The van der Waals surface area contributed by atoms with E-state index in [9.17, 15) is 0 Å². The second-order valence-electron chi connectivity index (χ2n) is 15.8. The molecule has 0 bridgehead atoms. The van der Waals surface area contributed by atoms with E-state index in [-0.39, 0.29) is 16.4 Å². The van der Waals surface area contributed by atoms with E-state index in [0.717, 1.165) is 59.7 Å². The molecule has 0 saturated heterocycles. The minimum Gasteiger partial charge on any atom is -0.493 e. The van der Waals surface area contributed by atoms with Crippen LogP contribution in [0.5, 0.6) is 23.0 Å². The highest BCUT2D eigenvalue weighted by Gasteiger charge is 2.44. The Bertz CT molecular complexity index is 2480. The number of anilines is 5. The summed E-state index contributed by atoms with van der Waals surface area (Å²) in [6.07, 6.45) is 23.5. The molecule has 0 radical (unpaired) electrons. The van der Waals surface area contributed by atoms with Crippen LogP contribution in [-0.2, 0) is 0 Å². The molecule has 0 unspecified atom stereocenters. The number of hydrogen-bond donors (Lipinski definition) is 2. The molecular formula is C42H51ClN14O4. The van der Waals surface area contributed by atoms with E-state index < -0.39 is 0 Å². The highest BCUT2D eigenvalue weighted by atomic mass is 35.5. The predicted octanol–water partition coefficient (Wildman–Crippen LogP) is 6.70. The van der Waals surface area contributed by atoms with E-state index in [1.165, 1.54) is 38.5 Å². The van der Waals surface area contributed by atoms with Gasteiger partial charge >= 0.3 is 0 Å². The molecule has 61 heavy (non-hydrogen) atoms. The number of hydrogen-bond acceptors (Lipinski definition) is 16. The first-order chi connectivity index (χ1) is 29.5. The Morgan fingerprint density at radius 2 is 1.16 bits per heavy atom. The van der Waals surface area contributed by atoms with E-state index in [2.05, 4.69) is 64.1 Å². The van der Waals surface area contributed by atoms with Gasteiger partial charge in [-0.25, -0.2) is 29.9 Å². The number of nitrogens with one attached hydrogen (secondary N) is 1. The van der Waals surface area contributed by atoms with Crippen LogP contribution in [0, 0.1) is 13.8 Å². The van der Waals surface area contributed by atoms with E-state index in [1.807, 2.05) is 36.9 Å². The Kier molecular flexibility index (Phi) is 11.7. The number of nitrogen functional groups attached to an aromatic ring is 1. The van der Waals surface area contributed by atoms with Crippen molar-refractivity contribution in [3.8, 4) is 34.6 Å². The average molecular weight is 851 g/mol. The van der Waals surface area contributed by atoms with Crippen molar-refractivity contribution >= 4 is 40.6 Å². The van der Waals surface area contributed by atoms with Gasteiger partial charge < -0.3 is 39.8 Å². The van der Waals surface area contributed by atoms with E-state index >= 15 is 0 Å². The van der Waals surface area contributed by atoms with Gasteiger partial charge in [-0.05, 0) is 51.1 Å². The summed E-state index contributed by atoms with van der Waals surface area (Å²) >= 11 is 5.83. The number of ether oxygens (including phenoxy) is 4. The predicted molar refractivity (Wildman–Crippen MR) is 232 cm³/mol. The molecule has 3 N–H and O–H groups in total. The molecule has 2 fully saturated rings. The molecular weight excluding hydrogens is 800 g/mol. The van der Waals surface area contributed by atoms with Crippen LogP contribution in [-0.4, -0.2) is 102 Å². The number of aryl methyl sites for hydroxylation is 2. The minimum absolute atomic E-state index is 0.0496. The van der Waals surface area contributed by atoms with Gasteiger partial charge in [0.2, 0.25) is 11.2 Å². The average Bonchev–Trinajstić information content (AvgIpc) is 4.12. The molecule has 2 aliphatic heterocycles. The first kappa shape index (κ1) is 41.3. The second-order valence-corrected chi connectivity index (χ2v) is 16.1. The first-order valence-corrected chi connectivity index (χ1v) is 20.6. The quantitative estimate of drug-likeness (QED) is 0.168. The molecule has 10 rings (SSSR count). The van der Waals surface area contributed by atoms with Crippen molar-refractivity contribution in [1.29, 1.82) is 0 Å². The third-order valence-corrected chi connectivity index (χ3v) is 12.0. The molecule has 18 nitrogen and oxygen atoms in total. The van der Waals surface area contributed by atoms with Gasteiger partial charge in [0.15, 0.2) is 46.3 Å². The van der Waals surface area contributed by atoms with E-state index in [1.54, 1.807) is 62.3 Å². The molecule has 2 spiro atoms. The maximum Gasteiger partial charge on any atom is 0.229 e. The van der Waals surface area contributed by atoms with Gasteiger partial charge in [0.05, 0.1) is 72.8 Å². The fourth-order valence-corrected chi connectivity index (χ4v) is 8.52. The fraction of sp³-hybridized carbons (Fsp3) is 0.429. The van der Waals surface area contributed by atoms with Crippen molar-refractivity contribution in [3.05, 3.63) is 78.6 Å². The number of pyridine rings is 2. The van der Waals surface area contributed by atoms with Gasteiger partial charge in [-0.2, -0.15) is 9.97 Å². The zero-order chi connectivity index (χ0) is 42.7. The topological polar surface area (TPSA) is 194 Å². The minimum atomic E-state index is 0.0496. The Morgan fingerprint density at radius 1 is 0.656 bits per heavy atom. The molecule has 19 heteroatoms. The van der Waals surface area contributed by atoms with Gasteiger partial charge in [0.25, 0.3) is 0 Å². The van der Waals surface area contributed by atoms with Gasteiger partial charge in [-0.15, -0.1) is 0 Å². The number of fused-ring (bicyclic) bond motifs is 2. The van der Waals surface area contributed by atoms with Crippen LogP contribution in [0.1, 0.15) is 62.8 Å². The lowest BCUT2D eigenvalue weighted by Gasteiger charge is -2.43. The van der Waals surface area contributed by atoms with Crippen molar-refractivity contribution in [1.82, 2.24) is 49.0 Å². The lowest BCUT2D eigenvalue weighted by Crippen LogP contribution is -2.52. The third kappa shape index (κ3) is 8.49. The van der Waals surface area contributed by atoms with Crippen LogP contribution in [0.2, 0.25) is 5.28 Å². The summed E-state index contributed by atoms with van der Waals surface area (Å²) < 4.78 is 26.1. The summed E-state index contributed by atoms with van der Waals surface area (Å²) in [5, 5.41) is 3.52. The van der Waals surface area contributed by atoms with Crippen molar-refractivity contribution in [3.63, 3.8) is 0 Å². The molecule has 0 atom stereocenters. The van der Waals surface area contributed by atoms with Crippen molar-refractivity contribution in [2.24, 2.45) is 0 Å². The normalized spacial score (nSPS) is 16.6. The molecule has 8 heterocycles. The Hall–Kier alpha value is -6.43. The lowest BCUT2D eigenvalue weighted by molar-refractivity contribution is 0.192. The summed E-state index contributed by atoms with van der Waals surface area (Å²) in [6.45, 7) is 5.29. The first-order valence-electron chi connectivity index (χ1n) is 20.3. The molecule has 4 aliphatic rings. The Morgan fingerprint density at radius 3 is 1.69 bits per heavy atom. The highest BCUT2D eigenvalue weighted by Crippen LogP contribution is 2.45. The zero-order valence-electron chi connectivity index (χ0n) is 35.3. The molecule has 2 saturated carbocycles. The van der Waals surface area contributed by atoms with Gasteiger partial charge in [-0.1, -0.05) is 25.7 Å². The Labute approximate surface area is 359 Å². The number of imidazole rings is 2.